The molecule has 3 fully saturated rings. The highest BCUT2D eigenvalue weighted by molar-refractivity contribution is 7.99. The number of hydrogen-bond acceptors (Lipinski definition) is 16. The van der Waals surface area contributed by atoms with E-state index in [9.17, 15) is 32.1 Å². The average molecular weight is 660 g/mol. The van der Waals surface area contributed by atoms with E-state index < -0.39 is 107 Å². The van der Waals surface area contributed by atoms with Crippen LogP contribution in [-0.4, -0.2) is 123 Å². The Morgan fingerprint density at radius 2 is 1.58 bits per heavy atom. The van der Waals surface area contributed by atoms with E-state index in [1.807, 2.05) is 0 Å². The van der Waals surface area contributed by atoms with Crippen LogP contribution < -0.4 is 5.32 Å². The first-order valence-electron chi connectivity index (χ1n) is 13.1. The topological polar surface area (TPSA) is 218 Å². The first-order chi connectivity index (χ1) is 19.9. The lowest BCUT2D eigenvalue weighted by Gasteiger charge is -2.45. The zero-order chi connectivity index (χ0) is 32.3. The lowest BCUT2D eigenvalue weighted by Crippen LogP contribution is -2.65. The summed E-state index contributed by atoms with van der Waals surface area (Å²) in [6, 6.07) is -1.16. The molecule has 10 atom stereocenters. The Kier molecular flexibility index (Phi) is 11.8. The Hall–Kier alpha value is -2.10. The summed E-state index contributed by atoms with van der Waals surface area (Å²) in [5.74, 6) is -4.07. The van der Waals surface area contributed by atoms with Crippen LogP contribution in [0.4, 0.5) is 0 Å². The van der Waals surface area contributed by atoms with Crippen molar-refractivity contribution in [3.8, 4) is 0 Å². The standard InChI is InChI=1S/C24H37NO16S2/c1-10(26)25-16-19(36-13(4)29)17(35-12(3)28)14(8-34-11(2)27)37-23(16)42-9-15(41-43(30,31)32)18-20(33-7)21-22(38-18)40-24(5,6)39-21/h14-23H,8-9H2,1-7H3,(H,25,26)(H,30,31,32)/t14-,15?,16-,17-,18-,19-,20+,21-,22-,23+/m1/s1. The number of hydrogen-bond donors (Lipinski definition) is 2. The summed E-state index contributed by atoms with van der Waals surface area (Å²) < 4.78 is 83.2. The van der Waals surface area contributed by atoms with Gasteiger partial charge in [0.05, 0.1) is 0 Å². The van der Waals surface area contributed by atoms with Crippen molar-refractivity contribution in [2.45, 2.75) is 108 Å². The molecule has 0 aliphatic carbocycles. The highest BCUT2D eigenvalue weighted by Gasteiger charge is 2.58. The Morgan fingerprint density at radius 3 is 2.12 bits per heavy atom. The summed E-state index contributed by atoms with van der Waals surface area (Å²) in [7, 11) is -3.68. The van der Waals surface area contributed by atoms with Crippen molar-refractivity contribution < 1.29 is 74.2 Å². The van der Waals surface area contributed by atoms with Gasteiger partial charge in [0.2, 0.25) is 5.91 Å². The predicted octanol–water partition coefficient (Wildman–Crippen LogP) is -0.545. The summed E-state index contributed by atoms with van der Waals surface area (Å²) in [5.41, 5.74) is -1.14. The van der Waals surface area contributed by atoms with Crippen LogP contribution in [0.15, 0.2) is 0 Å². The molecule has 43 heavy (non-hydrogen) atoms. The molecule has 3 aliphatic heterocycles. The minimum Gasteiger partial charge on any atom is -0.463 e. The van der Waals surface area contributed by atoms with Gasteiger partial charge in [-0.1, -0.05) is 0 Å². The molecular formula is C24H37NO16S2. The Morgan fingerprint density at radius 1 is 0.953 bits per heavy atom. The quantitative estimate of drug-likeness (QED) is 0.153. The van der Waals surface area contributed by atoms with Crippen molar-refractivity contribution >= 4 is 46.0 Å². The van der Waals surface area contributed by atoms with Gasteiger partial charge >= 0.3 is 28.3 Å². The molecule has 0 bridgehead atoms. The summed E-state index contributed by atoms with van der Waals surface area (Å²) in [6.45, 7) is 7.45. The van der Waals surface area contributed by atoms with Gasteiger partial charge in [-0.05, 0) is 13.8 Å². The Bertz CT molecular complexity index is 1150. The number of nitrogens with one attached hydrogen (secondary N) is 1. The zero-order valence-electron chi connectivity index (χ0n) is 24.6. The number of amides is 1. The molecule has 0 saturated carbocycles. The number of fused-ring (bicyclic) bond motifs is 1. The normalized spacial score (nSPS) is 34.1. The molecule has 0 spiro atoms. The fourth-order valence-corrected chi connectivity index (χ4v) is 6.89. The molecule has 0 aromatic carbocycles. The van der Waals surface area contributed by atoms with Crippen LogP contribution in [0.25, 0.3) is 0 Å². The van der Waals surface area contributed by atoms with Gasteiger partial charge in [-0.25, -0.2) is 4.18 Å². The minimum atomic E-state index is -5.03. The summed E-state index contributed by atoms with van der Waals surface area (Å²) in [5, 5.41) is 2.61. The summed E-state index contributed by atoms with van der Waals surface area (Å²) in [4.78, 5) is 47.8. The third kappa shape index (κ3) is 9.69. The van der Waals surface area contributed by atoms with Crippen LogP contribution in [0, 0.1) is 0 Å². The van der Waals surface area contributed by atoms with Gasteiger partial charge in [0.15, 0.2) is 24.3 Å². The molecule has 0 radical (unpaired) electrons. The number of carbonyl (C=O) groups is 4. The molecule has 1 amide bonds. The SMILES string of the molecule is CO[C@@H]1[C@H]2OC(C)(C)O[C@H]2O[C@@H]1C(CS[C@@H]1O[C@H](COC(C)=O)[C@@H](OC(C)=O)[C@H](OC(C)=O)[C@H]1NC(C)=O)OS(=O)(=O)O. The van der Waals surface area contributed by atoms with Gasteiger partial charge in [-0.15, -0.1) is 11.8 Å². The van der Waals surface area contributed by atoms with Crippen LogP contribution in [0.5, 0.6) is 0 Å². The largest absolute Gasteiger partial charge is 0.463 e. The molecule has 3 saturated heterocycles. The van der Waals surface area contributed by atoms with Crippen LogP contribution >= 0.6 is 11.8 Å². The highest BCUT2D eigenvalue weighted by Crippen LogP contribution is 2.41. The van der Waals surface area contributed by atoms with E-state index in [1.54, 1.807) is 13.8 Å². The van der Waals surface area contributed by atoms with E-state index in [2.05, 4.69) is 5.32 Å². The number of rotatable bonds is 12. The smallest absolute Gasteiger partial charge is 0.397 e. The lowest BCUT2D eigenvalue weighted by molar-refractivity contribution is -0.224. The average Bonchev–Trinajstić information content (AvgIpc) is 3.33. The molecule has 2 N–H and O–H groups in total. The maximum atomic E-state index is 12.2. The fourth-order valence-electron chi connectivity index (χ4n) is 5.03. The van der Waals surface area contributed by atoms with Crippen LogP contribution in [0.1, 0.15) is 41.5 Å². The number of esters is 3. The van der Waals surface area contributed by atoms with Crippen LogP contribution in [-0.2, 0) is 71.7 Å². The predicted molar refractivity (Wildman–Crippen MR) is 142 cm³/mol. The van der Waals surface area contributed by atoms with Gasteiger partial charge in [0.25, 0.3) is 0 Å². The molecular weight excluding hydrogens is 622 g/mol. The molecule has 0 aromatic rings. The van der Waals surface area contributed by atoms with Crippen molar-refractivity contribution in [2.75, 3.05) is 19.5 Å². The summed E-state index contributed by atoms with van der Waals surface area (Å²) >= 11 is 0.886. The molecule has 246 valence electrons. The van der Waals surface area contributed by atoms with E-state index >= 15 is 0 Å². The van der Waals surface area contributed by atoms with E-state index in [-0.39, 0.29) is 5.75 Å². The van der Waals surface area contributed by atoms with Crippen molar-refractivity contribution in [3.63, 3.8) is 0 Å². The first kappa shape index (κ1) is 35.4. The van der Waals surface area contributed by atoms with Crippen molar-refractivity contribution in [2.24, 2.45) is 0 Å². The van der Waals surface area contributed by atoms with Crippen molar-refractivity contribution in [1.82, 2.24) is 5.32 Å². The minimum absolute atomic E-state index is 0.279. The maximum absolute atomic E-state index is 12.2. The second-order valence-electron chi connectivity index (χ2n) is 10.4. The van der Waals surface area contributed by atoms with Gasteiger partial charge in [-0.2, -0.15) is 8.42 Å². The van der Waals surface area contributed by atoms with E-state index in [0.29, 0.717) is 0 Å². The monoisotopic (exact) mass is 659 g/mol. The third-order valence-electron chi connectivity index (χ3n) is 6.41. The summed E-state index contributed by atoms with van der Waals surface area (Å²) in [6.07, 6.45) is -8.96. The molecule has 1 unspecified atom stereocenters. The fraction of sp³-hybridized carbons (Fsp3) is 0.833. The van der Waals surface area contributed by atoms with Gasteiger partial charge < -0.3 is 43.2 Å². The lowest BCUT2D eigenvalue weighted by atomic mass is 9.97. The first-order valence-corrected chi connectivity index (χ1v) is 15.5. The zero-order valence-corrected chi connectivity index (χ0v) is 26.2. The second kappa shape index (κ2) is 14.3. The van der Waals surface area contributed by atoms with E-state index in [0.717, 1.165) is 32.5 Å². The van der Waals surface area contributed by atoms with E-state index in [1.165, 1.54) is 14.0 Å². The molecule has 3 aliphatic rings. The molecule has 17 nitrogen and oxygen atoms in total. The second-order valence-corrected chi connectivity index (χ2v) is 12.6. The molecule has 3 heterocycles. The van der Waals surface area contributed by atoms with Gasteiger partial charge in [0, 0.05) is 40.6 Å². The van der Waals surface area contributed by atoms with Crippen LogP contribution in [0.2, 0.25) is 0 Å². The number of thioether (sulfide) groups is 1. The number of methoxy groups -OCH3 is 1. The third-order valence-corrected chi connectivity index (χ3v) is 8.15. The highest BCUT2D eigenvalue weighted by atomic mass is 32.3. The van der Waals surface area contributed by atoms with Gasteiger partial charge in [0.1, 0.15) is 48.6 Å². The number of carbonyl (C=O) groups excluding carboxylic acids is 4. The molecule has 19 heteroatoms. The number of ether oxygens (including phenoxy) is 8. The Balaban J connectivity index is 1.93. The van der Waals surface area contributed by atoms with Crippen LogP contribution in [0.3, 0.4) is 0 Å². The molecule has 3 rings (SSSR count). The molecule has 0 aromatic heterocycles. The van der Waals surface area contributed by atoms with E-state index in [4.69, 9.17) is 42.1 Å². The maximum Gasteiger partial charge on any atom is 0.397 e. The Labute approximate surface area is 252 Å². The van der Waals surface area contributed by atoms with Crippen molar-refractivity contribution in [1.29, 1.82) is 0 Å². The van der Waals surface area contributed by atoms with Crippen molar-refractivity contribution in [3.05, 3.63) is 0 Å². The van der Waals surface area contributed by atoms with Gasteiger partial charge in [-0.3, -0.25) is 23.7 Å².